The number of aromatic nitrogens is 4. The van der Waals surface area contributed by atoms with Crippen LogP contribution in [-0.4, -0.2) is 19.7 Å². The summed E-state index contributed by atoms with van der Waals surface area (Å²) < 4.78 is 1.81. The van der Waals surface area contributed by atoms with Gasteiger partial charge in [-0.15, -0.1) is 11.3 Å². The molecule has 0 N–H and O–H groups in total. The molecule has 3 rings (SSSR count). The van der Waals surface area contributed by atoms with Crippen molar-refractivity contribution in [1.29, 1.82) is 0 Å². The summed E-state index contributed by atoms with van der Waals surface area (Å²) in [7, 11) is 0. The number of nitrogens with zero attached hydrogens (tertiary/aromatic N) is 4. The highest BCUT2D eigenvalue weighted by molar-refractivity contribution is 7.16. The largest absolute Gasteiger partial charge is 0.265 e. The molecule has 0 aliphatic rings. The highest BCUT2D eigenvalue weighted by Crippen LogP contribution is 2.24. The lowest BCUT2D eigenvalue weighted by Crippen LogP contribution is -2.04. The molecule has 4 nitrogen and oxygen atoms in total. The summed E-state index contributed by atoms with van der Waals surface area (Å²) in [6, 6.07) is 1.93. The van der Waals surface area contributed by atoms with E-state index in [1.165, 1.54) is 0 Å². The van der Waals surface area contributed by atoms with Gasteiger partial charge in [0.05, 0.1) is 6.20 Å². The van der Waals surface area contributed by atoms with Gasteiger partial charge in [-0.3, -0.25) is 4.68 Å². The number of rotatable bonds is 2. The Balaban J connectivity index is 2.00. The third-order valence-corrected chi connectivity index (χ3v) is 3.49. The van der Waals surface area contributed by atoms with Crippen LogP contribution in [0, 0.1) is 6.92 Å². The molecular weight excluding hydrogens is 256 g/mol. The van der Waals surface area contributed by atoms with E-state index >= 15 is 0 Å². The Labute approximate surface area is 107 Å². The summed E-state index contributed by atoms with van der Waals surface area (Å²) in [5, 5.41) is 7.59. The number of fused-ring (bicyclic) bond motifs is 1. The fourth-order valence-electron chi connectivity index (χ4n) is 1.63. The van der Waals surface area contributed by atoms with Crippen molar-refractivity contribution >= 4 is 33.2 Å². The molecular formula is C11H9ClN4S. The molecule has 6 heteroatoms. The number of thiophene rings is 1. The molecule has 3 aromatic rings. The molecule has 0 amide bonds. The zero-order valence-corrected chi connectivity index (χ0v) is 10.7. The Morgan fingerprint density at radius 2 is 2.29 bits per heavy atom. The lowest BCUT2D eigenvalue weighted by molar-refractivity contribution is 0.658. The number of aryl methyl sites for hydroxylation is 1. The second-order valence-electron chi connectivity index (χ2n) is 3.79. The molecule has 0 fully saturated rings. The van der Waals surface area contributed by atoms with E-state index in [-0.39, 0.29) is 0 Å². The quantitative estimate of drug-likeness (QED) is 0.669. The fourth-order valence-corrected chi connectivity index (χ4v) is 2.72. The molecule has 0 unspecified atom stereocenters. The minimum absolute atomic E-state index is 0.509. The first-order valence-electron chi connectivity index (χ1n) is 5.11. The molecule has 0 aliphatic carbocycles. The van der Waals surface area contributed by atoms with E-state index in [9.17, 15) is 0 Å². The highest BCUT2D eigenvalue weighted by Gasteiger charge is 2.07. The Hall–Kier alpha value is -1.46. The van der Waals surface area contributed by atoms with E-state index < -0.39 is 0 Å². The van der Waals surface area contributed by atoms with E-state index in [4.69, 9.17) is 11.6 Å². The van der Waals surface area contributed by atoms with Crippen molar-refractivity contribution in [3.05, 3.63) is 40.4 Å². The van der Waals surface area contributed by atoms with Gasteiger partial charge >= 0.3 is 0 Å². The summed E-state index contributed by atoms with van der Waals surface area (Å²) in [6.07, 6.45) is 3.77. The van der Waals surface area contributed by atoms with Gasteiger partial charge in [0.25, 0.3) is 0 Å². The van der Waals surface area contributed by atoms with Crippen molar-refractivity contribution in [2.24, 2.45) is 0 Å². The smallest absolute Gasteiger partial charge is 0.153 e. The molecule has 0 aliphatic heterocycles. The van der Waals surface area contributed by atoms with Gasteiger partial charge in [0.2, 0.25) is 0 Å². The molecule has 3 aromatic heterocycles. The Bertz CT molecular complexity index is 673. The third kappa shape index (κ3) is 2.03. The van der Waals surface area contributed by atoms with E-state index in [1.807, 2.05) is 30.8 Å². The normalized spacial score (nSPS) is 11.2. The van der Waals surface area contributed by atoms with Crippen molar-refractivity contribution in [3.8, 4) is 0 Å². The summed E-state index contributed by atoms with van der Waals surface area (Å²) in [5.41, 5.74) is 1.12. The maximum Gasteiger partial charge on any atom is 0.153 e. The van der Waals surface area contributed by atoms with Crippen LogP contribution in [0.2, 0.25) is 5.15 Å². The Kier molecular flexibility index (Phi) is 2.57. The van der Waals surface area contributed by atoms with Crippen molar-refractivity contribution in [3.63, 3.8) is 0 Å². The van der Waals surface area contributed by atoms with E-state index in [0.717, 1.165) is 15.8 Å². The summed E-state index contributed by atoms with van der Waals surface area (Å²) in [5.74, 6) is 0.688. The van der Waals surface area contributed by atoms with Gasteiger partial charge in [-0.2, -0.15) is 5.10 Å². The molecule has 17 heavy (non-hydrogen) atoms. The number of halogens is 1. The van der Waals surface area contributed by atoms with Gasteiger partial charge in [-0.25, -0.2) is 9.97 Å². The molecule has 0 atom stereocenters. The fraction of sp³-hybridized carbons (Fsp3) is 0.182. The van der Waals surface area contributed by atoms with E-state index in [0.29, 0.717) is 17.5 Å². The molecule has 0 saturated heterocycles. The van der Waals surface area contributed by atoms with Crippen LogP contribution in [0.5, 0.6) is 0 Å². The third-order valence-electron chi connectivity index (χ3n) is 2.39. The molecule has 0 saturated carbocycles. The molecule has 3 heterocycles. The van der Waals surface area contributed by atoms with Crippen molar-refractivity contribution in [2.45, 2.75) is 13.5 Å². The van der Waals surface area contributed by atoms with Crippen LogP contribution in [0.3, 0.4) is 0 Å². The molecule has 86 valence electrons. The number of hydrogen-bond donors (Lipinski definition) is 0. The van der Waals surface area contributed by atoms with Gasteiger partial charge in [-0.05, 0) is 23.9 Å². The maximum atomic E-state index is 6.10. The molecule has 0 bridgehead atoms. The second-order valence-corrected chi connectivity index (χ2v) is 5.04. The first kappa shape index (κ1) is 10.7. The highest BCUT2D eigenvalue weighted by atomic mass is 35.5. The minimum Gasteiger partial charge on any atom is -0.265 e. The van der Waals surface area contributed by atoms with Gasteiger partial charge in [0.15, 0.2) is 5.82 Å². The first-order chi connectivity index (χ1) is 8.22. The standard InChI is InChI=1S/C11H9ClN4S/c1-7-4-13-16(5-7)6-9-14-10(12)8-2-3-17-11(8)15-9/h2-5H,6H2,1H3. The van der Waals surface area contributed by atoms with Crippen LogP contribution in [-0.2, 0) is 6.54 Å². The van der Waals surface area contributed by atoms with Crippen LogP contribution in [0.15, 0.2) is 23.8 Å². The first-order valence-corrected chi connectivity index (χ1v) is 6.37. The average Bonchev–Trinajstić information content (AvgIpc) is 2.87. The topological polar surface area (TPSA) is 43.6 Å². The lowest BCUT2D eigenvalue weighted by atomic mass is 10.4. The number of hydrogen-bond acceptors (Lipinski definition) is 4. The van der Waals surface area contributed by atoms with Crippen LogP contribution in [0.25, 0.3) is 10.2 Å². The molecule has 0 aromatic carbocycles. The summed E-state index contributed by atoms with van der Waals surface area (Å²) >= 11 is 7.67. The van der Waals surface area contributed by atoms with Gasteiger partial charge in [0, 0.05) is 11.6 Å². The monoisotopic (exact) mass is 264 g/mol. The van der Waals surface area contributed by atoms with Gasteiger partial charge in [-0.1, -0.05) is 11.6 Å². The van der Waals surface area contributed by atoms with Crippen LogP contribution >= 0.6 is 22.9 Å². The van der Waals surface area contributed by atoms with Crippen LogP contribution in [0.4, 0.5) is 0 Å². The maximum absolute atomic E-state index is 6.10. The molecule has 0 radical (unpaired) electrons. The lowest BCUT2D eigenvalue weighted by Gasteiger charge is -2.01. The van der Waals surface area contributed by atoms with Crippen LogP contribution in [0.1, 0.15) is 11.4 Å². The summed E-state index contributed by atoms with van der Waals surface area (Å²) in [6.45, 7) is 2.54. The summed E-state index contributed by atoms with van der Waals surface area (Å²) in [4.78, 5) is 9.66. The minimum atomic E-state index is 0.509. The van der Waals surface area contributed by atoms with E-state index in [2.05, 4.69) is 15.1 Å². The Morgan fingerprint density at radius 3 is 3.06 bits per heavy atom. The van der Waals surface area contributed by atoms with E-state index in [1.54, 1.807) is 16.0 Å². The van der Waals surface area contributed by atoms with Crippen molar-refractivity contribution in [1.82, 2.24) is 19.7 Å². The predicted octanol–water partition coefficient (Wildman–Crippen LogP) is 2.90. The second kappa shape index (κ2) is 4.09. The van der Waals surface area contributed by atoms with Crippen LogP contribution < -0.4 is 0 Å². The zero-order valence-electron chi connectivity index (χ0n) is 9.09. The van der Waals surface area contributed by atoms with Crippen molar-refractivity contribution in [2.75, 3.05) is 0 Å². The predicted molar refractivity (Wildman–Crippen MR) is 68.5 cm³/mol. The van der Waals surface area contributed by atoms with Crippen molar-refractivity contribution < 1.29 is 0 Å². The van der Waals surface area contributed by atoms with Gasteiger partial charge in [0.1, 0.15) is 16.5 Å². The SMILES string of the molecule is Cc1cnn(Cc2nc(Cl)c3ccsc3n2)c1. The zero-order chi connectivity index (χ0) is 11.8. The average molecular weight is 265 g/mol. The molecule has 0 spiro atoms. The Morgan fingerprint density at radius 1 is 1.41 bits per heavy atom. The van der Waals surface area contributed by atoms with Gasteiger partial charge < -0.3 is 0 Å².